The first kappa shape index (κ1) is 23.1. The fourth-order valence-electron chi connectivity index (χ4n) is 3.10. The highest BCUT2D eigenvalue weighted by molar-refractivity contribution is 5.84. The zero-order valence-electron chi connectivity index (χ0n) is 16.0. The largest absolute Gasteiger partial charge is 0.481 e. The fourth-order valence-corrected chi connectivity index (χ4v) is 3.10. The van der Waals surface area contributed by atoms with Crippen LogP contribution >= 0.6 is 0 Å². The van der Waals surface area contributed by atoms with Gasteiger partial charge in [-0.15, -0.1) is 0 Å². The van der Waals surface area contributed by atoms with Crippen molar-refractivity contribution in [2.75, 3.05) is 0 Å². The summed E-state index contributed by atoms with van der Waals surface area (Å²) >= 11 is 0. The highest BCUT2D eigenvalue weighted by Crippen LogP contribution is 2.33. The molecule has 5 heteroatoms. The van der Waals surface area contributed by atoms with E-state index < -0.39 is 18.2 Å². The Labute approximate surface area is 161 Å². The molecule has 1 aliphatic carbocycles. The molecule has 150 valence electrons. The predicted octanol–water partition coefficient (Wildman–Crippen LogP) is 3.58. The molecular weight excluding hydrogens is 344 g/mol. The van der Waals surface area contributed by atoms with Crippen LogP contribution in [-0.2, 0) is 9.59 Å². The summed E-state index contributed by atoms with van der Waals surface area (Å²) < 4.78 is 0. The van der Waals surface area contributed by atoms with Gasteiger partial charge in [0.25, 0.3) is 0 Å². The molecule has 0 unspecified atom stereocenters. The molecule has 4 atom stereocenters. The summed E-state index contributed by atoms with van der Waals surface area (Å²) in [4.78, 5) is 22.6. The molecule has 0 heterocycles. The zero-order chi connectivity index (χ0) is 20.1. The zero-order valence-corrected chi connectivity index (χ0v) is 16.0. The number of Topliss-reactive ketones (excluding diaryl/α,β-unsaturated/α-hetero) is 1. The average Bonchev–Trinajstić information content (AvgIpc) is 2.88. The fraction of sp³-hybridized carbons (Fsp3) is 0.545. The van der Waals surface area contributed by atoms with Gasteiger partial charge in [-0.25, -0.2) is 0 Å². The van der Waals surface area contributed by atoms with Crippen molar-refractivity contribution >= 4 is 11.8 Å². The normalized spacial score (nSPS) is 24.9. The van der Waals surface area contributed by atoms with Gasteiger partial charge in [-0.2, -0.15) is 0 Å². The third kappa shape index (κ3) is 9.50. The minimum Gasteiger partial charge on any atom is -0.481 e. The molecule has 0 amide bonds. The maximum atomic E-state index is 12.1. The minimum atomic E-state index is -0.846. The number of carboxylic acid groups (broad SMARTS) is 1. The topological polar surface area (TPSA) is 94.8 Å². The Bertz CT molecular complexity index is 573. The first-order valence-corrected chi connectivity index (χ1v) is 9.69. The highest BCUT2D eigenvalue weighted by atomic mass is 16.4. The molecule has 27 heavy (non-hydrogen) atoms. The quantitative estimate of drug-likeness (QED) is 0.453. The summed E-state index contributed by atoms with van der Waals surface area (Å²) in [5, 5.41) is 28.7. The van der Waals surface area contributed by atoms with Crippen LogP contribution < -0.4 is 0 Å². The second kappa shape index (κ2) is 13.2. The van der Waals surface area contributed by atoms with Gasteiger partial charge in [0.2, 0.25) is 0 Å². The van der Waals surface area contributed by atoms with Gasteiger partial charge in [-0.1, -0.05) is 55.5 Å². The van der Waals surface area contributed by atoms with Crippen molar-refractivity contribution < 1.29 is 24.9 Å². The SMILES string of the molecule is CC/C=C\C/C=C\C[C@H]1C(=O)C[C@H](O)[C@H]1/C=C/[C@H](O)C/C=C\CCC(=O)O. The summed E-state index contributed by atoms with van der Waals surface area (Å²) in [6.45, 7) is 2.08. The van der Waals surface area contributed by atoms with Gasteiger partial charge in [-0.05, 0) is 32.1 Å². The van der Waals surface area contributed by atoms with Crippen LogP contribution in [-0.4, -0.2) is 39.3 Å². The average molecular weight is 376 g/mol. The maximum Gasteiger partial charge on any atom is 0.303 e. The van der Waals surface area contributed by atoms with Crippen LogP contribution in [0.25, 0.3) is 0 Å². The molecule has 1 saturated carbocycles. The molecule has 0 saturated heterocycles. The lowest BCUT2D eigenvalue weighted by atomic mass is 9.90. The molecule has 1 aliphatic rings. The lowest BCUT2D eigenvalue weighted by Gasteiger charge is -2.16. The van der Waals surface area contributed by atoms with Gasteiger partial charge in [0.15, 0.2) is 0 Å². The molecule has 1 rings (SSSR count). The van der Waals surface area contributed by atoms with Crippen LogP contribution in [0.3, 0.4) is 0 Å². The van der Waals surface area contributed by atoms with E-state index in [1.165, 1.54) is 0 Å². The second-order valence-corrected chi connectivity index (χ2v) is 6.84. The van der Waals surface area contributed by atoms with Crippen molar-refractivity contribution in [2.45, 2.75) is 64.1 Å². The van der Waals surface area contributed by atoms with E-state index in [0.717, 1.165) is 12.8 Å². The first-order chi connectivity index (χ1) is 13.0. The number of allylic oxidation sites excluding steroid dienone is 5. The molecule has 0 radical (unpaired) electrons. The van der Waals surface area contributed by atoms with Crippen LogP contribution in [0.1, 0.15) is 51.9 Å². The number of carboxylic acids is 1. The van der Waals surface area contributed by atoms with E-state index in [1.807, 2.05) is 12.2 Å². The summed E-state index contributed by atoms with van der Waals surface area (Å²) in [5.41, 5.74) is 0. The van der Waals surface area contributed by atoms with Gasteiger partial charge in [0.1, 0.15) is 5.78 Å². The molecule has 5 nitrogen and oxygen atoms in total. The Hall–Kier alpha value is -1.98. The number of aliphatic hydroxyl groups excluding tert-OH is 2. The number of hydrogen-bond acceptors (Lipinski definition) is 4. The smallest absolute Gasteiger partial charge is 0.303 e. The standard InChI is InChI=1S/C22H32O5/c1-2-3-4-5-6-9-12-18-19(21(25)16-20(18)24)15-14-17(23)11-8-7-10-13-22(26)27/h3-4,6-9,14-15,17-19,21,23,25H,2,5,10-13,16H2,1H3,(H,26,27)/b4-3-,8-7-,9-6-,15-14+/t17-,18-,19+,21+/m1/s1. The lowest BCUT2D eigenvalue weighted by molar-refractivity contribution is -0.136. The number of carbonyl (C=O) groups is 2. The third-order valence-corrected chi connectivity index (χ3v) is 4.59. The van der Waals surface area contributed by atoms with Crippen LogP contribution in [0.5, 0.6) is 0 Å². The summed E-state index contributed by atoms with van der Waals surface area (Å²) in [6, 6.07) is 0. The van der Waals surface area contributed by atoms with E-state index in [0.29, 0.717) is 19.3 Å². The van der Waals surface area contributed by atoms with Crippen molar-refractivity contribution in [2.24, 2.45) is 11.8 Å². The Morgan fingerprint density at radius 3 is 2.63 bits per heavy atom. The summed E-state index contributed by atoms with van der Waals surface area (Å²) in [5.74, 6) is -1.31. The van der Waals surface area contributed by atoms with Gasteiger partial charge in [0.05, 0.1) is 12.2 Å². The van der Waals surface area contributed by atoms with Crippen LogP contribution in [0.2, 0.25) is 0 Å². The number of rotatable bonds is 12. The molecule has 0 aromatic carbocycles. The molecule has 3 N–H and O–H groups in total. The Morgan fingerprint density at radius 2 is 1.93 bits per heavy atom. The van der Waals surface area contributed by atoms with E-state index in [2.05, 4.69) is 19.1 Å². The van der Waals surface area contributed by atoms with Gasteiger partial charge in [0, 0.05) is 24.7 Å². The lowest BCUT2D eigenvalue weighted by Crippen LogP contribution is -2.18. The molecule has 0 aromatic heterocycles. The van der Waals surface area contributed by atoms with E-state index in [-0.39, 0.29) is 30.5 Å². The van der Waals surface area contributed by atoms with Crippen molar-refractivity contribution in [3.63, 3.8) is 0 Å². The monoisotopic (exact) mass is 376 g/mol. The summed E-state index contributed by atoms with van der Waals surface area (Å²) in [6.07, 6.45) is 17.1. The van der Waals surface area contributed by atoms with E-state index in [4.69, 9.17) is 5.11 Å². The summed E-state index contributed by atoms with van der Waals surface area (Å²) in [7, 11) is 0. The van der Waals surface area contributed by atoms with Crippen molar-refractivity contribution in [1.29, 1.82) is 0 Å². The number of aliphatic hydroxyl groups is 2. The van der Waals surface area contributed by atoms with Crippen LogP contribution in [0.4, 0.5) is 0 Å². The molecule has 0 aliphatic heterocycles. The number of carbonyl (C=O) groups excluding carboxylic acids is 1. The van der Waals surface area contributed by atoms with Crippen molar-refractivity contribution in [1.82, 2.24) is 0 Å². The van der Waals surface area contributed by atoms with Gasteiger partial charge >= 0.3 is 5.97 Å². The second-order valence-electron chi connectivity index (χ2n) is 6.84. The predicted molar refractivity (Wildman–Crippen MR) is 106 cm³/mol. The number of hydrogen-bond donors (Lipinski definition) is 3. The molecule has 1 fully saturated rings. The molecular formula is C22H32O5. The Balaban J connectivity index is 2.50. The Kier molecular flexibility index (Phi) is 11.3. The van der Waals surface area contributed by atoms with Crippen LogP contribution in [0, 0.1) is 11.8 Å². The first-order valence-electron chi connectivity index (χ1n) is 9.69. The van der Waals surface area contributed by atoms with Gasteiger partial charge in [-0.3, -0.25) is 9.59 Å². The van der Waals surface area contributed by atoms with Gasteiger partial charge < -0.3 is 15.3 Å². The van der Waals surface area contributed by atoms with E-state index in [1.54, 1.807) is 24.3 Å². The molecule has 0 spiro atoms. The maximum absolute atomic E-state index is 12.1. The van der Waals surface area contributed by atoms with E-state index >= 15 is 0 Å². The molecule has 0 bridgehead atoms. The Morgan fingerprint density at radius 1 is 1.19 bits per heavy atom. The highest BCUT2D eigenvalue weighted by Gasteiger charge is 2.39. The number of aliphatic carboxylic acids is 1. The molecule has 0 aromatic rings. The van der Waals surface area contributed by atoms with E-state index in [9.17, 15) is 19.8 Å². The minimum absolute atomic E-state index is 0.0638. The van der Waals surface area contributed by atoms with Crippen LogP contribution in [0.15, 0.2) is 48.6 Å². The van der Waals surface area contributed by atoms with Crippen molar-refractivity contribution in [3.8, 4) is 0 Å². The third-order valence-electron chi connectivity index (χ3n) is 4.59. The number of ketones is 1. The van der Waals surface area contributed by atoms with Crippen molar-refractivity contribution in [3.05, 3.63) is 48.6 Å².